The van der Waals surface area contributed by atoms with Crippen LogP contribution in [0.1, 0.15) is 271 Å². The van der Waals surface area contributed by atoms with Crippen LogP contribution in [0.15, 0.2) is 85.1 Å². The summed E-state index contributed by atoms with van der Waals surface area (Å²) in [6.45, 7) is 5.64. The van der Waals surface area contributed by atoms with E-state index in [1.54, 1.807) is 6.08 Å². The SMILES string of the molecule is CC\C=C/C=C/C=C/C=C\C=C\C=C\CCCCC(O)C(=O)NC(COC1OC(CO)C(O)C(O)C1OC(=O)CCCCCCCCCCCCCCCCCCCCCCC)C(O)/C=C/CCCCCCCCCCCCC. The molecule has 1 aliphatic rings. The Kier molecular flexibility index (Phi) is 51.8. The molecule has 1 saturated heterocycles. The van der Waals surface area contributed by atoms with E-state index in [-0.39, 0.29) is 19.4 Å². The van der Waals surface area contributed by atoms with Gasteiger partial charge in [0.15, 0.2) is 12.4 Å². The maximum Gasteiger partial charge on any atom is 0.306 e. The lowest BCUT2D eigenvalue weighted by molar-refractivity contribution is -0.305. The zero-order valence-electron chi connectivity index (χ0n) is 50.5. The number of esters is 1. The number of aliphatic hydroxyl groups is 5. The van der Waals surface area contributed by atoms with Crippen molar-refractivity contribution in [3.05, 3.63) is 85.1 Å². The van der Waals surface area contributed by atoms with Crippen molar-refractivity contribution >= 4 is 11.9 Å². The molecule has 0 bridgehead atoms. The molecule has 1 amide bonds. The molecular weight excluding hydrogens is 991 g/mol. The summed E-state index contributed by atoms with van der Waals surface area (Å²) in [6.07, 6.45) is 61.9. The largest absolute Gasteiger partial charge is 0.454 e. The van der Waals surface area contributed by atoms with E-state index in [4.69, 9.17) is 14.2 Å². The Morgan fingerprint density at radius 3 is 1.37 bits per heavy atom. The topological polar surface area (TPSA) is 175 Å². The van der Waals surface area contributed by atoms with Gasteiger partial charge in [0, 0.05) is 6.42 Å². The number of hydrogen-bond donors (Lipinski definition) is 6. The number of allylic oxidation sites excluding steroid dienone is 13. The molecule has 79 heavy (non-hydrogen) atoms. The van der Waals surface area contributed by atoms with Crippen LogP contribution in [0.25, 0.3) is 0 Å². The predicted molar refractivity (Wildman–Crippen MR) is 329 cm³/mol. The molecule has 0 aromatic rings. The predicted octanol–water partition coefficient (Wildman–Crippen LogP) is 15.7. The number of ether oxygens (including phenoxy) is 3. The Balaban J connectivity index is 2.68. The third-order valence-corrected chi connectivity index (χ3v) is 15.0. The summed E-state index contributed by atoms with van der Waals surface area (Å²) < 4.78 is 17.6. The van der Waals surface area contributed by atoms with Gasteiger partial charge >= 0.3 is 5.97 Å². The number of aliphatic hydroxyl groups excluding tert-OH is 5. The van der Waals surface area contributed by atoms with Crippen molar-refractivity contribution in [2.45, 2.75) is 320 Å². The number of amides is 1. The van der Waals surface area contributed by atoms with Gasteiger partial charge in [-0.15, -0.1) is 0 Å². The van der Waals surface area contributed by atoms with Crippen molar-refractivity contribution in [1.82, 2.24) is 5.32 Å². The van der Waals surface area contributed by atoms with Crippen LogP contribution < -0.4 is 5.32 Å². The molecule has 0 aromatic carbocycles. The molecule has 1 heterocycles. The standard InChI is InChI=1S/C68H119NO10/c1-4-7-10-13-16-19-22-25-27-29-30-31-32-33-35-38-41-44-47-50-53-56-63(73)79-66-65(75)64(74)62(57-70)78-68(66)77-58-59(60(71)54-51-48-45-42-39-36-24-21-18-15-12-9-6-3)69-67(76)61(72)55-52-49-46-43-40-37-34-28-26-23-20-17-14-11-8-5-2/h8,11,14,17,20,23,26,28,34,37,40,43,51,54,59-62,64-66,68,70-72,74-75H,4-7,9-10,12-13,15-16,18-19,21-22,24-25,27,29-33,35-36,38-39,41-42,44-50,52-53,55-58H2,1-3H3,(H,69,76)/b11-8-,17-14+,23-20+,28-26-,37-34+,43-40+,54-51+. The van der Waals surface area contributed by atoms with Crippen molar-refractivity contribution in [2.24, 2.45) is 0 Å². The van der Waals surface area contributed by atoms with E-state index >= 15 is 0 Å². The van der Waals surface area contributed by atoms with Crippen LogP contribution >= 0.6 is 0 Å². The lowest BCUT2D eigenvalue weighted by Gasteiger charge is -2.41. The first-order valence-corrected chi connectivity index (χ1v) is 32.4. The third kappa shape index (κ3) is 43.2. The highest BCUT2D eigenvalue weighted by Crippen LogP contribution is 2.26. The fraction of sp³-hybridized carbons (Fsp3) is 0.765. The molecule has 0 spiro atoms. The number of unbranched alkanes of at least 4 members (excludes halogenated alkanes) is 33. The summed E-state index contributed by atoms with van der Waals surface area (Å²) in [5, 5.41) is 57.0. The minimum atomic E-state index is -1.62. The monoisotopic (exact) mass is 1110 g/mol. The van der Waals surface area contributed by atoms with E-state index < -0.39 is 67.4 Å². The van der Waals surface area contributed by atoms with Gasteiger partial charge in [0.05, 0.1) is 25.4 Å². The van der Waals surface area contributed by atoms with E-state index in [2.05, 4.69) is 32.2 Å². The Morgan fingerprint density at radius 2 is 0.911 bits per heavy atom. The zero-order valence-corrected chi connectivity index (χ0v) is 50.5. The molecule has 0 radical (unpaired) electrons. The summed E-state index contributed by atoms with van der Waals surface area (Å²) in [5.74, 6) is -1.24. The zero-order chi connectivity index (χ0) is 57.5. The normalized spacial score (nSPS) is 19.4. The average molecular weight is 1110 g/mol. The minimum absolute atomic E-state index is 0.118. The van der Waals surface area contributed by atoms with E-state index in [0.29, 0.717) is 12.8 Å². The molecule has 456 valence electrons. The maximum atomic E-state index is 13.4. The van der Waals surface area contributed by atoms with Gasteiger partial charge in [-0.3, -0.25) is 9.59 Å². The highest BCUT2D eigenvalue weighted by molar-refractivity contribution is 5.80. The molecule has 0 aliphatic carbocycles. The number of nitrogens with one attached hydrogen (secondary N) is 1. The van der Waals surface area contributed by atoms with Gasteiger partial charge in [-0.05, 0) is 44.9 Å². The molecule has 6 N–H and O–H groups in total. The first kappa shape index (κ1) is 73.9. The van der Waals surface area contributed by atoms with Crippen LogP contribution in [0, 0.1) is 0 Å². The van der Waals surface area contributed by atoms with Gasteiger partial charge in [0.25, 0.3) is 0 Å². The molecule has 8 atom stereocenters. The highest BCUT2D eigenvalue weighted by Gasteiger charge is 2.47. The van der Waals surface area contributed by atoms with Gasteiger partial charge in [-0.2, -0.15) is 0 Å². The van der Waals surface area contributed by atoms with Crippen molar-refractivity contribution in [3.8, 4) is 0 Å². The second-order valence-electron chi connectivity index (χ2n) is 22.3. The smallest absolute Gasteiger partial charge is 0.306 e. The molecule has 8 unspecified atom stereocenters. The molecule has 1 rings (SSSR count). The molecule has 1 aliphatic heterocycles. The van der Waals surface area contributed by atoms with Crippen LogP contribution in [-0.2, 0) is 23.8 Å². The van der Waals surface area contributed by atoms with Crippen LogP contribution in [-0.4, -0.2) is 99.6 Å². The molecule has 11 heteroatoms. The molecule has 11 nitrogen and oxygen atoms in total. The summed E-state index contributed by atoms with van der Waals surface area (Å²) in [5.41, 5.74) is 0. The molecule has 1 fully saturated rings. The van der Waals surface area contributed by atoms with E-state index in [1.165, 1.54) is 161 Å². The number of rotatable bonds is 54. The van der Waals surface area contributed by atoms with Crippen molar-refractivity contribution in [3.63, 3.8) is 0 Å². The minimum Gasteiger partial charge on any atom is -0.454 e. The summed E-state index contributed by atoms with van der Waals surface area (Å²) >= 11 is 0. The lowest BCUT2D eigenvalue weighted by Crippen LogP contribution is -2.61. The average Bonchev–Trinajstić information content (AvgIpc) is 3.49. The van der Waals surface area contributed by atoms with Gasteiger partial charge in [-0.1, -0.05) is 305 Å². The maximum absolute atomic E-state index is 13.4. The first-order chi connectivity index (χ1) is 38.7. The Bertz CT molecular complexity index is 1610. The van der Waals surface area contributed by atoms with Gasteiger partial charge in [0.2, 0.25) is 5.91 Å². The lowest BCUT2D eigenvalue weighted by atomic mass is 9.99. The number of hydrogen-bond acceptors (Lipinski definition) is 10. The first-order valence-electron chi connectivity index (χ1n) is 32.4. The summed E-state index contributed by atoms with van der Waals surface area (Å²) in [4.78, 5) is 26.6. The fourth-order valence-electron chi connectivity index (χ4n) is 9.86. The quantitative estimate of drug-likeness (QED) is 0.0149. The van der Waals surface area contributed by atoms with E-state index in [1.807, 2.05) is 72.9 Å². The Labute approximate surface area is 483 Å². The molecular formula is C68H119NO10. The summed E-state index contributed by atoms with van der Waals surface area (Å²) in [7, 11) is 0. The Morgan fingerprint density at radius 1 is 0.506 bits per heavy atom. The van der Waals surface area contributed by atoms with Gasteiger partial charge in [-0.25, -0.2) is 0 Å². The summed E-state index contributed by atoms with van der Waals surface area (Å²) in [6, 6.07) is -1.05. The van der Waals surface area contributed by atoms with Crippen LogP contribution in [0.5, 0.6) is 0 Å². The van der Waals surface area contributed by atoms with Crippen molar-refractivity contribution in [2.75, 3.05) is 13.2 Å². The van der Waals surface area contributed by atoms with Crippen LogP contribution in [0.3, 0.4) is 0 Å². The van der Waals surface area contributed by atoms with Crippen LogP contribution in [0.4, 0.5) is 0 Å². The van der Waals surface area contributed by atoms with Crippen LogP contribution in [0.2, 0.25) is 0 Å². The number of carbonyl (C=O) groups excluding carboxylic acids is 2. The van der Waals surface area contributed by atoms with Gasteiger partial charge < -0.3 is 45.1 Å². The van der Waals surface area contributed by atoms with Gasteiger partial charge in [0.1, 0.15) is 24.4 Å². The second-order valence-corrected chi connectivity index (χ2v) is 22.3. The Hall–Kier alpha value is -3.16. The van der Waals surface area contributed by atoms with E-state index in [9.17, 15) is 35.1 Å². The molecule has 0 saturated carbocycles. The van der Waals surface area contributed by atoms with Crippen molar-refractivity contribution < 1.29 is 49.3 Å². The third-order valence-electron chi connectivity index (χ3n) is 15.0. The fourth-order valence-corrected chi connectivity index (χ4v) is 9.86. The van der Waals surface area contributed by atoms with Crippen molar-refractivity contribution in [1.29, 1.82) is 0 Å². The van der Waals surface area contributed by atoms with E-state index in [0.717, 1.165) is 64.2 Å². The highest BCUT2D eigenvalue weighted by atomic mass is 16.7. The number of carbonyl (C=O) groups is 2. The second kappa shape index (κ2) is 55.4. The molecule has 0 aromatic heterocycles.